The number of nitrogens with one attached hydrogen (secondary N) is 2. The van der Waals surface area contributed by atoms with E-state index in [1.54, 1.807) is 7.05 Å². The van der Waals surface area contributed by atoms with Crippen LogP contribution in [0, 0.1) is 5.92 Å². The van der Waals surface area contributed by atoms with E-state index in [9.17, 15) is 18.0 Å². The Morgan fingerprint density at radius 3 is 2.48 bits per heavy atom. The second-order valence-electron chi connectivity index (χ2n) is 4.85. The first kappa shape index (κ1) is 15.5. The summed E-state index contributed by atoms with van der Waals surface area (Å²) in [6.45, 7) is 0.488. The van der Waals surface area contributed by atoms with Gasteiger partial charge >= 0.3 is 5.97 Å². The van der Waals surface area contributed by atoms with Gasteiger partial charge in [0.15, 0.2) is 0 Å². The monoisotopic (exact) mass is 315 g/mol. The van der Waals surface area contributed by atoms with Crippen molar-refractivity contribution in [1.29, 1.82) is 0 Å². The summed E-state index contributed by atoms with van der Waals surface area (Å²) in [6, 6.07) is 1.10. The molecule has 1 fully saturated rings. The Morgan fingerprint density at radius 1 is 1.38 bits per heavy atom. The minimum Gasteiger partial charge on any atom is -0.477 e. The number of rotatable bonds is 4. The molecule has 0 radical (unpaired) electrons. The third kappa shape index (κ3) is 3.08. The van der Waals surface area contributed by atoms with Crippen LogP contribution in [0.3, 0.4) is 0 Å². The van der Waals surface area contributed by atoms with E-state index >= 15 is 0 Å². The van der Waals surface area contributed by atoms with E-state index in [1.165, 1.54) is 10.5 Å². The van der Waals surface area contributed by atoms with Gasteiger partial charge in [0.25, 0.3) is 0 Å². The molecule has 1 aromatic heterocycles. The standard InChI is InChI=1S/C12H17N3O5S/c1-13-11(16)8-2-4-15(5-3-8)21(19,20)9-6-10(12(17)18)14-7-9/h6-8,14H,2-5H2,1H3,(H,13,16)(H,17,18). The predicted molar refractivity (Wildman–Crippen MR) is 73.3 cm³/mol. The van der Waals surface area contributed by atoms with Crippen LogP contribution in [0.5, 0.6) is 0 Å². The maximum atomic E-state index is 12.4. The molecule has 21 heavy (non-hydrogen) atoms. The van der Waals surface area contributed by atoms with Crippen molar-refractivity contribution in [3.05, 3.63) is 18.0 Å². The zero-order valence-electron chi connectivity index (χ0n) is 11.5. The fraction of sp³-hybridized carbons (Fsp3) is 0.500. The van der Waals surface area contributed by atoms with Gasteiger partial charge < -0.3 is 15.4 Å². The van der Waals surface area contributed by atoms with Gasteiger partial charge in [-0.25, -0.2) is 13.2 Å². The Kier molecular flexibility index (Phi) is 4.33. The van der Waals surface area contributed by atoms with Gasteiger partial charge in [-0.3, -0.25) is 4.79 Å². The molecule has 0 unspecified atom stereocenters. The first-order valence-electron chi connectivity index (χ1n) is 6.49. The molecule has 1 aliphatic heterocycles. The smallest absolute Gasteiger partial charge is 0.352 e. The highest BCUT2D eigenvalue weighted by molar-refractivity contribution is 7.89. The van der Waals surface area contributed by atoms with E-state index in [1.807, 2.05) is 0 Å². The zero-order chi connectivity index (χ0) is 15.6. The summed E-state index contributed by atoms with van der Waals surface area (Å²) in [4.78, 5) is 24.7. The minimum absolute atomic E-state index is 0.0710. The third-order valence-corrected chi connectivity index (χ3v) is 5.47. The van der Waals surface area contributed by atoms with Gasteiger partial charge in [0.05, 0.1) is 0 Å². The number of carboxylic acids is 1. The highest BCUT2D eigenvalue weighted by Crippen LogP contribution is 2.24. The molecule has 116 valence electrons. The van der Waals surface area contributed by atoms with Crippen molar-refractivity contribution >= 4 is 21.9 Å². The number of piperidine rings is 1. The maximum absolute atomic E-state index is 12.4. The average molecular weight is 315 g/mol. The number of hydrogen-bond donors (Lipinski definition) is 3. The summed E-state index contributed by atoms with van der Waals surface area (Å²) in [7, 11) is -2.17. The summed E-state index contributed by atoms with van der Waals surface area (Å²) in [6.07, 6.45) is 2.08. The summed E-state index contributed by atoms with van der Waals surface area (Å²) >= 11 is 0. The van der Waals surface area contributed by atoms with Gasteiger partial charge in [0, 0.05) is 32.3 Å². The van der Waals surface area contributed by atoms with Crippen molar-refractivity contribution in [3.63, 3.8) is 0 Å². The molecule has 0 bridgehead atoms. The van der Waals surface area contributed by atoms with Gasteiger partial charge in [0.2, 0.25) is 15.9 Å². The number of carboxylic acid groups (broad SMARTS) is 1. The van der Waals surface area contributed by atoms with Crippen LogP contribution in [0.1, 0.15) is 23.3 Å². The molecule has 8 nitrogen and oxygen atoms in total. The second-order valence-corrected chi connectivity index (χ2v) is 6.78. The Labute approximate surface area is 122 Å². The van der Waals surface area contributed by atoms with E-state index in [-0.39, 0.29) is 35.5 Å². The number of aromatic amines is 1. The first-order chi connectivity index (χ1) is 9.86. The molecule has 1 aliphatic rings. The van der Waals surface area contributed by atoms with E-state index in [2.05, 4.69) is 10.3 Å². The lowest BCUT2D eigenvalue weighted by Gasteiger charge is -2.29. The number of aromatic carboxylic acids is 1. The molecule has 0 saturated carbocycles. The molecule has 9 heteroatoms. The third-order valence-electron chi connectivity index (χ3n) is 3.60. The van der Waals surface area contributed by atoms with Crippen LogP contribution in [0.2, 0.25) is 0 Å². The van der Waals surface area contributed by atoms with Crippen LogP contribution in [-0.4, -0.2) is 54.8 Å². The molecule has 0 spiro atoms. The summed E-state index contributed by atoms with van der Waals surface area (Å²) in [5, 5.41) is 11.4. The van der Waals surface area contributed by atoms with Gasteiger partial charge in [-0.2, -0.15) is 4.31 Å². The molecule has 0 atom stereocenters. The summed E-state index contributed by atoms with van der Waals surface area (Å²) in [5.74, 6) is -1.47. The molecule has 0 aromatic carbocycles. The van der Waals surface area contributed by atoms with Gasteiger partial charge in [-0.15, -0.1) is 0 Å². The number of carbonyl (C=O) groups excluding carboxylic acids is 1. The first-order valence-corrected chi connectivity index (χ1v) is 7.93. The highest BCUT2D eigenvalue weighted by Gasteiger charge is 2.32. The molecule has 1 saturated heterocycles. The molecule has 3 N–H and O–H groups in total. The lowest BCUT2D eigenvalue weighted by molar-refractivity contribution is -0.125. The largest absolute Gasteiger partial charge is 0.477 e. The Morgan fingerprint density at radius 2 is 2.00 bits per heavy atom. The Balaban J connectivity index is 2.11. The number of nitrogens with zero attached hydrogens (tertiary/aromatic N) is 1. The van der Waals surface area contributed by atoms with Crippen LogP contribution < -0.4 is 5.32 Å². The van der Waals surface area contributed by atoms with Crippen LogP contribution in [0.4, 0.5) is 0 Å². The maximum Gasteiger partial charge on any atom is 0.352 e. The predicted octanol–water partition coefficient (Wildman–Crippen LogP) is -0.140. The van der Waals surface area contributed by atoms with Gasteiger partial charge in [0.1, 0.15) is 10.6 Å². The minimum atomic E-state index is -3.72. The lowest BCUT2D eigenvalue weighted by Crippen LogP contribution is -2.42. The Bertz CT molecular complexity index is 644. The van der Waals surface area contributed by atoms with Crippen LogP contribution >= 0.6 is 0 Å². The molecule has 1 aromatic rings. The number of H-pyrrole nitrogens is 1. The quantitative estimate of drug-likeness (QED) is 0.714. The average Bonchev–Trinajstić information content (AvgIpc) is 2.97. The van der Waals surface area contributed by atoms with Gasteiger partial charge in [-0.1, -0.05) is 0 Å². The SMILES string of the molecule is CNC(=O)C1CCN(S(=O)(=O)c2c[nH]c(C(=O)O)c2)CC1. The lowest BCUT2D eigenvalue weighted by atomic mass is 9.97. The zero-order valence-corrected chi connectivity index (χ0v) is 12.3. The van der Waals surface area contributed by atoms with Crippen LogP contribution in [-0.2, 0) is 14.8 Å². The van der Waals surface area contributed by atoms with Crippen molar-refractivity contribution in [2.75, 3.05) is 20.1 Å². The van der Waals surface area contributed by atoms with Crippen molar-refractivity contribution in [2.24, 2.45) is 5.92 Å². The molecule has 0 aliphatic carbocycles. The second kappa shape index (κ2) is 5.86. The van der Waals surface area contributed by atoms with E-state index in [4.69, 9.17) is 5.11 Å². The number of hydrogen-bond acceptors (Lipinski definition) is 4. The molecule has 1 amide bonds. The highest BCUT2D eigenvalue weighted by atomic mass is 32.2. The summed E-state index contributed by atoms with van der Waals surface area (Å²) in [5.41, 5.74) is -0.172. The fourth-order valence-corrected chi connectivity index (χ4v) is 3.82. The molecule has 2 heterocycles. The molecule has 2 rings (SSSR count). The van der Waals surface area contributed by atoms with Crippen molar-refractivity contribution in [2.45, 2.75) is 17.7 Å². The van der Waals surface area contributed by atoms with E-state index in [0.717, 1.165) is 6.07 Å². The number of sulfonamides is 1. The van der Waals surface area contributed by atoms with Crippen LogP contribution in [0.15, 0.2) is 17.2 Å². The number of aromatic nitrogens is 1. The van der Waals surface area contributed by atoms with E-state index in [0.29, 0.717) is 12.8 Å². The fourth-order valence-electron chi connectivity index (χ4n) is 2.36. The number of amides is 1. The van der Waals surface area contributed by atoms with Crippen molar-refractivity contribution < 1.29 is 23.1 Å². The summed E-state index contributed by atoms with van der Waals surface area (Å²) < 4.78 is 26.0. The van der Waals surface area contributed by atoms with Crippen LogP contribution in [0.25, 0.3) is 0 Å². The Hall–Kier alpha value is -1.87. The normalized spacial score (nSPS) is 17.6. The van der Waals surface area contributed by atoms with Gasteiger partial charge in [-0.05, 0) is 18.9 Å². The number of carbonyl (C=O) groups is 2. The van der Waals surface area contributed by atoms with Crippen molar-refractivity contribution in [1.82, 2.24) is 14.6 Å². The van der Waals surface area contributed by atoms with Crippen molar-refractivity contribution in [3.8, 4) is 0 Å². The topological polar surface area (TPSA) is 120 Å². The molecular formula is C12H17N3O5S. The molecular weight excluding hydrogens is 298 g/mol. The van der Waals surface area contributed by atoms with E-state index < -0.39 is 16.0 Å².